The molecule has 4 rings (SSSR count). The lowest BCUT2D eigenvalue weighted by atomic mass is 10.1. The van der Waals surface area contributed by atoms with Crippen molar-refractivity contribution in [1.29, 1.82) is 0 Å². The van der Waals surface area contributed by atoms with Gasteiger partial charge in [0.05, 0.1) is 0 Å². The van der Waals surface area contributed by atoms with Crippen molar-refractivity contribution in [3.05, 3.63) is 22.2 Å². The second-order valence-electron chi connectivity index (χ2n) is 6.25. The molecule has 1 N–H and O–H groups in total. The number of benzene rings is 1. The molecule has 2 saturated heterocycles. The van der Waals surface area contributed by atoms with Crippen LogP contribution in [0.5, 0.6) is 11.5 Å². The van der Waals surface area contributed by atoms with Crippen molar-refractivity contribution in [2.75, 3.05) is 26.3 Å². The van der Waals surface area contributed by atoms with Crippen LogP contribution in [0.2, 0.25) is 0 Å². The van der Waals surface area contributed by atoms with Crippen LogP contribution in [0.25, 0.3) is 0 Å². The van der Waals surface area contributed by atoms with Gasteiger partial charge in [0.15, 0.2) is 11.5 Å². The predicted octanol–water partition coefficient (Wildman–Crippen LogP) is 2.97. The smallest absolute Gasteiger partial charge is 0.162 e. The first-order valence-corrected chi connectivity index (χ1v) is 8.63. The molecule has 1 aromatic carbocycles. The molecule has 0 radical (unpaired) electrons. The zero-order valence-electron chi connectivity index (χ0n) is 12.5. The van der Waals surface area contributed by atoms with Crippen LogP contribution >= 0.6 is 28.3 Å². The molecular formula is C16H22BrClN2O2. The van der Waals surface area contributed by atoms with Crippen molar-refractivity contribution >= 4 is 28.3 Å². The van der Waals surface area contributed by atoms with Crippen LogP contribution in [-0.2, 0) is 6.54 Å². The minimum atomic E-state index is 0. The molecule has 4 nitrogen and oxygen atoms in total. The van der Waals surface area contributed by atoms with Gasteiger partial charge >= 0.3 is 0 Å². The van der Waals surface area contributed by atoms with Gasteiger partial charge in [-0.1, -0.05) is 15.9 Å². The molecule has 2 bridgehead atoms. The van der Waals surface area contributed by atoms with Gasteiger partial charge in [0.2, 0.25) is 0 Å². The monoisotopic (exact) mass is 388 g/mol. The van der Waals surface area contributed by atoms with E-state index in [1.807, 2.05) is 6.07 Å². The first-order chi connectivity index (χ1) is 10.3. The molecule has 6 heteroatoms. The Morgan fingerprint density at radius 3 is 2.64 bits per heavy atom. The summed E-state index contributed by atoms with van der Waals surface area (Å²) >= 11 is 3.68. The van der Waals surface area contributed by atoms with Crippen LogP contribution in [0, 0.1) is 0 Å². The van der Waals surface area contributed by atoms with Gasteiger partial charge in [0.25, 0.3) is 0 Å². The van der Waals surface area contributed by atoms with Gasteiger partial charge in [-0.2, -0.15) is 0 Å². The second kappa shape index (κ2) is 6.95. The third-order valence-electron chi connectivity index (χ3n) is 4.71. The third kappa shape index (κ3) is 3.37. The van der Waals surface area contributed by atoms with Gasteiger partial charge in [-0.25, -0.2) is 0 Å². The average Bonchev–Trinajstić information content (AvgIpc) is 2.82. The summed E-state index contributed by atoms with van der Waals surface area (Å²) in [6.07, 6.45) is 3.94. The van der Waals surface area contributed by atoms with E-state index in [1.54, 1.807) is 0 Å². The number of nitrogens with zero attached hydrogens (tertiary/aromatic N) is 1. The van der Waals surface area contributed by atoms with E-state index in [-0.39, 0.29) is 12.4 Å². The Hall–Kier alpha value is -0.490. The van der Waals surface area contributed by atoms with Gasteiger partial charge < -0.3 is 14.8 Å². The molecule has 0 aromatic heterocycles. The topological polar surface area (TPSA) is 33.7 Å². The van der Waals surface area contributed by atoms with Crippen LogP contribution in [0.1, 0.15) is 24.8 Å². The molecule has 2 atom stereocenters. The van der Waals surface area contributed by atoms with Crippen molar-refractivity contribution < 1.29 is 9.47 Å². The minimum absolute atomic E-state index is 0. The van der Waals surface area contributed by atoms with E-state index in [4.69, 9.17) is 9.47 Å². The maximum atomic E-state index is 5.71. The maximum absolute atomic E-state index is 5.71. The molecule has 2 fully saturated rings. The fourth-order valence-electron chi connectivity index (χ4n) is 3.63. The van der Waals surface area contributed by atoms with Gasteiger partial charge in [0.1, 0.15) is 13.2 Å². The van der Waals surface area contributed by atoms with Crippen LogP contribution in [0.15, 0.2) is 16.6 Å². The molecule has 22 heavy (non-hydrogen) atoms. The number of rotatable bonds is 2. The first kappa shape index (κ1) is 16.4. The van der Waals surface area contributed by atoms with Gasteiger partial charge in [-0.15, -0.1) is 12.4 Å². The molecule has 0 saturated carbocycles. The molecule has 3 heterocycles. The molecule has 0 spiro atoms. The fourth-order valence-corrected chi connectivity index (χ4v) is 4.07. The summed E-state index contributed by atoms with van der Waals surface area (Å²) in [5.74, 6) is 1.74. The molecule has 3 aliphatic rings. The number of hydrogen-bond acceptors (Lipinski definition) is 4. The third-order valence-corrected chi connectivity index (χ3v) is 5.45. The normalized spacial score (nSPS) is 27.1. The Balaban J connectivity index is 0.00000144. The van der Waals surface area contributed by atoms with E-state index in [2.05, 4.69) is 32.2 Å². The van der Waals surface area contributed by atoms with Crippen LogP contribution in [0.4, 0.5) is 0 Å². The Morgan fingerprint density at radius 2 is 1.82 bits per heavy atom. The number of fused-ring (bicyclic) bond motifs is 3. The summed E-state index contributed by atoms with van der Waals surface area (Å²) in [5.41, 5.74) is 1.29. The summed E-state index contributed by atoms with van der Waals surface area (Å²) in [7, 11) is 0. The average molecular weight is 390 g/mol. The van der Waals surface area contributed by atoms with Crippen LogP contribution in [0.3, 0.4) is 0 Å². The van der Waals surface area contributed by atoms with Crippen molar-refractivity contribution in [3.8, 4) is 11.5 Å². The zero-order valence-corrected chi connectivity index (χ0v) is 14.9. The lowest BCUT2D eigenvalue weighted by molar-refractivity contribution is 0.170. The SMILES string of the molecule is Brc1cc2c(cc1CN1CCC3CCC(C1)N3)OCCO2.Cl. The van der Waals surface area contributed by atoms with E-state index in [0.29, 0.717) is 19.3 Å². The number of hydrogen-bond donors (Lipinski definition) is 1. The molecule has 0 amide bonds. The number of ether oxygens (including phenoxy) is 2. The highest BCUT2D eigenvalue weighted by molar-refractivity contribution is 9.10. The summed E-state index contributed by atoms with van der Waals surface area (Å²) in [6, 6.07) is 5.60. The molecular weight excluding hydrogens is 368 g/mol. The lowest BCUT2D eigenvalue weighted by Crippen LogP contribution is -2.35. The van der Waals surface area contributed by atoms with Crippen molar-refractivity contribution in [3.63, 3.8) is 0 Å². The first-order valence-electron chi connectivity index (χ1n) is 7.84. The van der Waals surface area contributed by atoms with Crippen LogP contribution < -0.4 is 14.8 Å². The number of nitrogens with one attached hydrogen (secondary N) is 1. The quantitative estimate of drug-likeness (QED) is 0.843. The van der Waals surface area contributed by atoms with E-state index in [0.717, 1.165) is 35.1 Å². The molecule has 122 valence electrons. The highest BCUT2D eigenvalue weighted by atomic mass is 79.9. The summed E-state index contributed by atoms with van der Waals surface area (Å²) < 4.78 is 12.5. The van der Waals surface area contributed by atoms with Crippen molar-refractivity contribution in [1.82, 2.24) is 10.2 Å². The molecule has 3 aliphatic heterocycles. The minimum Gasteiger partial charge on any atom is -0.486 e. The van der Waals surface area contributed by atoms with Gasteiger partial charge in [-0.05, 0) is 37.0 Å². The van der Waals surface area contributed by atoms with Gasteiger partial charge in [-0.3, -0.25) is 4.90 Å². The second-order valence-corrected chi connectivity index (χ2v) is 7.10. The van der Waals surface area contributed by atoms with E-state index in [9.17, 15) is 0 Å². The lowest BCUT2D eigenvalue weighted by Gasteiger charge is -2.26. The fraction of sp³-hybridized carbons (Fsp3) is 0.625. The molecule has 1 aromatic rings. The van der Waals surface area contributed by atoms with Crippen molar-refractivity contribution in [2.24, 2.45) is 0 Å². The zero-order chi connectivity index (χ0) is 14.2. The number of halogens is 2. The van der Waals surface area contributed by atoms with Gasteiger partial charge in [0, 0.05) is 36.2 Å². The number of likely N-dealkylation sites (tertiary alicyclic amines) is 1. The molecule has 0 aliphatic carbocycles. The summed E-state index contributed by atoms with van der Waals surface area (Å²) in [6.45, 7) is 4.58. The summed E-state index contributed by atoms with van der Waals surface area (Å²) in [5, 5.41) is 3.74. The summed E-state index contributed by atoms with van der Waals surface area (Å²) in [4.78, 5) is 2.56. The maximum Gasteiger partial charge on any atom is 0.162 e. The predicted molar refractivity (Wildman–Crippen MR) is 92.2 cm³/mol. The van der Waals surface area contributed by atoms with E-state index < -0.39 is 0 Å². The Kier molecular flexibility index (Phi) is 5.17. The van der Waals surface area contributed by atoms with E-state index in [1.165, 1.54) is 31.4 Å². The Labute approximate surface area is 146 Å². The standard InChI is InChI=1S/C16H21BrN2O2.ClH/c17-14-8-16-15(20-5-6-21-16)7-11(14)9-19-4-3-12-1-2-13(10-19)18-12;/h7-8,12-13,18H,1-6,9-10H2;1H. The highest BCUT2D eigenvalue weighted by Crippen LogP contribution is 2.36. The van der Waals surface area contributed by atoms with Crippen molar-refractivity contribution in [2.45, 2.75) is 37.9 Å². The van der Waals surface area contributed by atoms with Crippen LogP contribution in [-0.4, -0.2) is 43.3 Å². The Morgan fingerprint density at radius 1 is 1.09 bits per heavy atom. The molecule has 2 unspecified atom stereocenters. The Bertz CT molecular complexity index is 543. The van der Waals surface area contributed by atoms with E-state index >= 15 is 0 Å². The largest absolute Gasteiger partial charge is 0.486 e. The highest BCUT2D eigenvalue weighted by Gasteiger charge is 2.29.